The Labute approximate surface area is 191 Å². The Morgan fingerprint density at radius 3 is 2.39 bits per heavy atom. The molecule has 0 aromatic rings. The van der Waals surface area contributed by atoms with Gasteiger partial charge in [-0.15, -0.1) is 0 Å². The predicted molar refractivity (Wildman–Crippen MR) is 127 cm³/mol. The largest absolute Gasteiger partial charge is 0.393 e. The van der Waals surface area contributed by atoms with Crippen molar-refractivity contribution in [1.29, 1.82) is 0 Å². The van der Waals surface area contributed by atoms with Gasteiger partial charge in [0, 0.05) is 0 Å². The second-order valence-corrected chi connectivity index (χ2v) is 13.7. The molecule has 10 atom stereocenters. The van der Waals surface area contributed by atoms with E-state index in [9.17, 15) is 10.2 Å². The summed E-state index contributed by atoms with van der Waals surface area (Å²) in [7, 11) is 0. The van der Waals surface area contributed by atoms with Gasteiger partial charge in [0.1, 0.15) is 0 Å². The fraction of sp³-hybridized carbons (Fsp3) is 0.931. The van der Waals surface area contributed by atoms with Gasteiger partial charge in [-0.2, -0.15) is 0 Å². The molecule has 0 amide bonds. The summed E-state index contributed by atoms with van der Waals surface area (Å²) >= 11 is 0. The minimum absolute atomic E-state index is 0.179. The van der Waals surface area contributed by atoms with Gasteiger partial charge in [-0.3, -0.25) is 0 Å². The Morgan fingerprint density at radius 2 is 1.68 bits per heavy atom. The van der Waals surface area contributed by atoms with Crippen LogP contribution >= 0.6 is 0 Å². The minimum Gasteiger partial charge on any atom is -0.393 e. The zero-order valence-corrected chi connectivity index (χ0v) is 20.9. The monoisotopic (exact) mass is 428 g/mol. The van der Waals surface area contributed by atoms with Crippen LogP contribution in [-0.2, 0) is 0 Å². The maximum Gasteiger partial charge on any atom is 0.0577 e. The van der Waals surface area contributed by atoms with E-state index >= 15 is 0 Å². The molecule has 5 fully saturated rings. The fourth-order valence-corrected chi connectivity index (χ4v) is 10.4. The Kier molecular flexibility index (Phi) is 5.13. The molecule has 2 nitrogen and oxygen atoms in total. The molecule has 5 aliphatic carbocycles. The highest BCUT2D eigenvalue weighted by molar-refractivity contribution is 5.30. The first-order chi connectivity index (χ1) is 14.5. The molecule has 31 heavy (non-hydrogen) atoms. The van der Waals surface area contributed by atoms with E-state index in [2.05, 4.69) is 41.2 Å². The van der Waals surface area contributed by atoms with Crippen LogP contribution in [0.2, 0.25) is 0 Å². The molecule has 0 heterocycles. The summed E-state index contributed by atoms with van der Waals surface area (Å²) in [6, 6.07) is 0. The van der Waals surface area contributed by atoms with Gasteiger partial charge in [-0.1, -0.05) is 46.8 Å². The van der Waals surface area contributed by atoms with E-state index in [4.69, 9.17) is 0 Å². The number of allylic oxidation sites excluding steroid dienone is 1. The first-order valence-electron chi connectivity index (χ1n) is 13.5. The Morgan fingerprint density at radius 1 is 0.935 bits per heavy atom. The molecule has 2 spiro atoms. The molecule has 0 saturated heterocycles. The van der Waals surface area contributed by atoms with E-state index in [1.54, 1.807) is 0 Å². The van der Waals surface area contributed by atoms with Gasteiger partial charge in [0.2, 0.25) is 0 Å². The molecule has 0 aromatic carbocycles. The first kappa shape index (κ1) is 22.5. The van der Waals surface area contributed by atoms with Gasteiger partial charge in [-0.05, 0) is 122 Å². The van der Waals surface area contributed by atoms with Gasteiger partial charge in [-0.25, -0.2) is 0 Å². The van der Waals surface area contributed by atoms with Crippen molar-refractivity contribution in [2.45, 2.75) is 117 Å². The quantitative estimate of drug-likeness (QED) is 0.475. The topological polar surface area (TPSA) is 40.5 Å². The van der Waals surface area contributed by atoms with Crippen molar-refractivity contribution in [3.8, 4) is 0 Å². The van der Waals surface area contributed by atoms with E-state index in [1.807, 2.05) is 0 Å². The molecule has 0 aromatic heterocycles. The minimum atomic E-state index is -0.194. The number of hydrogen-bond donors (Lipinski definition) is 2. The van der Waals surface area contributed by atoms with E-state index in [0.717, 1.165) is 37.5 Å². The zero-order chi connectivity index (χ0) is 22.4. The van der Waals surface area contributed by atoms with Crippen molar-refractivity contribution >= 4 is 0 Å². The molecule has 2 heteroatoms. The maximum absolute atomic E-state index is 11.3. The SMILES string of the molecule is C=C(CC[C@@H](C)[C@H]1CC[C@@]2(C)[C@@H]3C[C@H](O)[C@H]4C[C@@H](O)CC[C@@]45C[C@@]35CC[C@]12C)C(C)C. The highest BCUT2D eigenvalue weighted by atomic mass is 16.3. The molecule has 0 unspecified atom stereocenters. The van der Waals surface area contributed by atoms with Gasteiger partial charge < -0.3 is 10.2 Å². The summed E-state index contributed by atoms with van der Waals surface area (Å²) in [6.45, 7) is 16.7. The summed E-state index contributed by atoms with van der Waals surface area (Å²) in [5.74, 6) is 3.22. The maximum atomic E-state index is 11.3. The van der Waals surface area contributed by atoms with Crippen molar-refractivity contribution in [2.75, 3.05) is 0 Å². The summed E-state index contributed by atoms with van der Waals surface area (Å²) in [5, 5.41) is 21.7. The van der Waals surface area contributed by atoms with Gasteiger partial charge in [0.15, 0.2) is 0 Å². The van der Waals surface area contributed by atoms with Crippen molar-refractivity contribution < 1.29 is 10.2 Å². The van der Waals surface area contributed by atoms with Crippen LogP contribution < -0.4 is 0 Å². The first-order valence-corrected chi connectivity index (χ1v) is 13.5. The number of aliphatic hydroxyl groups is 2. The number of fused-ring (bicyclic) bond motifs is 2. The lowest BCUT2D eigenvalue weighted by Crippen LogP contribution is -2.57. The molecule has 0 bridgehead atoms. The van der Waals surface area contributed by atoms with Crippen molar-refractivity contribution in [2.24, 2.45) is 51.2 Å². The van der Waals surface area contributed by atoms with Crippen LogP contribution in [0, 0.1) is 51.2 Å². The van der Waals surface area contributed by atoms with Crippen molar-refractivity contribution in [3.05, 3.63) is 12.2 Å². The zero-order valence-electron chi connectivity index (χ0n) is 20.9. The Bertz CT molecular complexity index is 743. The summed E-state index contributed by atoms with van der Waals surface area (Å²) in [5.41, 5.74) is 3.03. The van der Waals surface area contributed by atoms with Crippen molar-refractivity contribution in [3.63, 3.8) is 0 Å². The Balaban J connectivity index is 1.39. The third-order valence-corrected chi connectivity index (χ3v) is 12.6. The second kappa shape index (κ2) is 7.08. The molecule has 176 valence electrons. The van der Waals surface area contributed by atoms with Crippen LogP contribution in [-0.4, -0.2) is 22.4 Å². The van der Waals surface area contributed by atoms with Crippen LogP contribution in [0.4, 0.5) is 0 Å². The summed E-state index contributed by atoms with van der Waals surface area (Å²) < 4.78 is 0. The van der Waals surface area contributed by atoms with Crippen LogP contribution in [0.3, 0.4) is 0 Å². The van der Waals surface area contributed by atoms with Crippen LogP contribution in [0.1, 0.15) is 105 Å². The molecule has 0 radical (unpaired) electrons. The predicted octanol–water partition coefficient (Wildman–Crippen LogP) is 6.75. The van der Waals surface area contributed by atoms with Gasteiger partial charge in [0.05, 0.1) is 12.2 Å². The van der Waals surface area contributed by atoms with Crippen LogP contribution in [0.15, 0.2) is 12.2 Å². The number of aliphatic hydroxyl groups excluding tert-OH is 2. The lowest BCUT2D eigenvalue weighted by atomic mass is 9.43. The number of hydrogen-bond acceptors (Lipinski definition) is 2. The Hall–Kier alpha value is -0.340. The molecule has 2 N–H and O–H groups in total. The van der Waals surface area contributed by atoms with E-state index < -0.39 is 0 Å². The molecular weight excluding hydrogens is 380 g/mol. The summed E-state index contributed by atoms with van der Waals surface area (Å²) in [4.78, 5) is 0. The smallest absolute Gasteiger partial charge is 0.0577 e. The van der Waals surface area contributed by atoms with Crippen LogP contribution in [0.5, 0.6) is 0 Å². The molecule has 5 aliphatic rings. The lowest BCUT2D eigenvalue weighted by Gasteiger charge is -2.62. The normalized spacial score (nSPS) is 53.9. The lowest BCUT2D eigenvalue weighted by molar-refractivity contribution is -0.164. The van der Waals surface area contributed by atoms with Gasteiger partial charge >= 0.3 is 0 Å². The second-order valence-electron chi connectivity index (χ2n) is 13.7. The van der Waals surface area contributed by atoms with Crippen LogP contribution in [0.25, 0.3) is 0 Å². The number of rotatable bonds is 5. The highest BCUT2D eigenvalue weighted by Crippen LogP contribution is 2.87. The third kappa shape index (κ3) is 2.82. The summed E-state index contributed by atoms with van der Waals surface area (Å²) in [6.07, 6.45) is 12.9. The molecule has 5 saturated carbocycles. The molecule has 0 aliphatic heterocycles. The van der Waals surface area contributed by atoms with E-state index in [0.29, 0.717) is 39.4 Å². The average Bonchev–Trinajstić information content (AvgIpc) is 3.29. The molecular formula is C29H48O2. The highest BCUT2D eigenvalue weighted by Gasteiger charge is 2.81. The van der Waals surface area contributed by atoms with E-state index in [-0.39, 0.29) is 12.2 Å². The van der Waals surface area contributed by atoms with Gasteiger partial charge in [0.25, 0.3) is 0 Å². The standard InChI is InChI=1S/C29H48O2/c1-18(2)19(3)7-8-20(4)22-10-11-27(6)25-16-24(31)23-15-21(30)9-12-28(23)17-29(25,28)14-13-26(22,27)5/h18,20-25,30-31H,3,7-17H2,1-2,4-6H3/t20-,21+,22-,23-,24+,25+,26-,27+,28-,29+/m1/s1. The van der Waals surface area contributed by atoms with E-state index in [1.165, 1.54) is 50.5 Å². The average molecular weight is 429 g/mol. The molecule has 5 rings (SSSR count). The van der Waals surface area contributed by atoms with Crippen molar-refractivity contribution in [1.82, 2.24) is 0 Å². The third-order valence-electron chi connectivity index (χ3n) is 12.6. The fourth-order valence-electron chi connectivity index (χ4n) is 10.4.